The van der Waals surface area contributed by atoms with Crippen LogP contribution in [0.4, 0.5) is 0 Å². The maximum Gasteiger partial charge on any atom is 0.223 e. The molecule has 6 heteroatoms. The van der Waals surface area contributed by atoms with Gasteiger partial charge in [0.25, 0.3) is 0 Å². The molecule has 4 rings (SSSR count). The van der Waals surface area contributed by atoms with Crippen molar-refractivity contribution in [1.29, 1.82) is 0 Å². The van der Waals surface area contributed by atoms with Crippen molar-refractivity contribution in [3.8, 4) is 0 Å². The van der Waals surface area contributed by atoms with Crippen molar-refractivity contribution in [2.45, 2.75) is 69.1 Å². The molecule has 1 aliphatic heterocycles. The third kappa shape index (κ3) is 3.60. The number of aryl methyl sites for hydroxylation is 1. The van der Waals surface area contributed by atoms with Crippen LogP contribution in [0.3, 0.4) is 0 Å². The van der Waals surface area contributed by atoms with E-state index < -0.39 is 0 Å². The summed E-state index contributed by atoms with van der Waals surface area (Å²) < 4.78 is 17.2. The molecule has 1 saturated heterocycles. The van der Waals surface area contributed by atoms with Gasteiger partial charge in [-0.3, -0.25) is 4.79 Å². The summed E-state index contributed by atoms with van der Waals surface area (Å²) in [4.78, 5) is 14.8. The largest absolute Gasteiger partial charge is 0.378 e. The van der Waals surface area contributed by atoms with E-state index in [-0.39, 0.29) is 23.7 Å². The van der Waals surface area contributed by atoms with Crippen molar-refractivity contribution in [3.05, 3.63) is 18.0 Å². The van der Waals surface area contributed by atoms with Crippen LogP contribution >= 0.6 is 0 Å². The summed E-state index contributed by atoms with van der Waals surface area (Å²) in [5, 5.41) is 3.70. The molecule has 0 aromatic carbocycles. The smallest absolute Gasteiger partial charge is 0.223 e. The van der Waals surface area contributed by atoms with Gasteiger partial charge in [-0.2, -0.15) is 0 Å². The quantitative estimate of drug-likeness (QED) is 0.758. The summed E-state index contributed by atoms with van der Waals surface area (Å²) in [7, 11) is 1.79. The molecule has 0 N–H and O–H groups in total. The predicted molar refractivity (Wildman–Crippen MR) is 91.0 cm³/mol. The zero-order chi connectivity index (χ0) is 17.3. The number of carbonyl (C=O) groups is 1. The fourth-order valence-corrected chi connectivity index (χ4v) is 4.41. The van der Waals surface area contributed by atoms with Crippen LogP contribution in [0.2, 0.25) is 0 Å². The molecular weight excluding hydrogens is 320 g/mol. The van der Waals surface area contributed by atoms with E-state index in [1.54, 1.807) is 13.3 Å². The zero-order valence-corrected chi connectivity index (χ0v) is 15.0. The van der Waals surface area contributed by atoms with E-state index in [9.17, 15) is 4.79 Å². The number of hydrogen-bond acceptors (Lipinski definition) is 5. The summed E-state index contributed by atoms with van der Waals surface area (Å²) in [5.41, 5.74) is -0.179. The minimum Gasteiger partial charge on any atom is -0.378 e. The van der Waals surface area contributed by atoms with Crippen LogP contribution in [0.1, 0.15) is 50.7 Å². The Hall–Kier alpha value is -1.40. The molecule has 1 amide bonds. The third-order valence-electron chi connectivity index (χ3n) is 6.20. The van der Waals surface area contributed by atoms with Crippen molar-refractivity contribution in [3.63, 3.8) is 0 Å². The molecule has 138 valence electrons. The second-order valence-electron chi connectivity index (χ2n) is 7.77. The molecule has 25 heavy (non-hydrogen) atoms. The lowest BCUT2D eigenvalue weighted by Gasteiger charge is -2.43. The Balaban J connectivity index is 1.38. The van der Waals surface area contributed by atoms with Crippen molar-refractivity contribution >= 4 is 5.91 Å². The molecule has 2 heterocycles. The number of hydrogen-bond donors (Lipinski definition) is 0. The van der Waals surface area contributed by atoms with Gasteiger partial charge in [-0.1, -0.05) is 5.16 Å². The number of ether oxygens (including phenoxy) is 2. The van der Waals surface area contributed by atoms with Crippen LogP contribution in [0.15, 0.2) is 16.8 Å². The highest BCUT2D eigenvalue weighted by Gasteiger charge is 2.52. The minimum atomic E-state index is -0.179. The Morgan fingerprint density at radius 3 is 3.00 bits per heavy atom. The third-order valence-corrected chi connectivity index (χ3v) is 6.20. The fourth-order valence-electron chi connectivity index (χ4n) is 4.41. The number of carbonyl (C=O) groups excluding carboxylic acids is 1. The number of aromatic nitrogens is 1. The molecule has 0 bridgehead atoms. The van der Waals surface area contributed by atoms with E-state index >= 15 is 0 Å². The summed E-state index contributed by atoms with van der Waals surface area (Å²) in [6.45, 7) is 1.67. The van der Waals surface area contributed by atoms with Gasteiger partial charge in [0.1, 0.15) is 5.76 Å². The number of rotatable bonds is 7. The molecule has 3 fully saturated rings. The normalized spacial score (nSPS) is 32.0. The lowest BCUT2D eigenvalue weighted by atomic mass is 9.79. The molecule has 3 atom stereocenters. The van der Waals surface area contributed by atoms with Crippen LogP contribution in [0.5, 0.6) is 0 Å². The number of fused-ring (bicyclic) bond motifs is 1. The first-order chi connectivity index (χ1) is 12.2. The maximum absolute atomic E-state index is 12.8. The SMILES string of the molecule is CO[C@@]12CC[C@@H](OCC3CC3)C[C@@H]1N(C(=O)CCc1ccno1)CC2. The number of amides is 1. The molecular formula is C19H28N2O4. The summed E-state index contributed by atoms with van der Waals surface area (Å²) >= 11 is 0. The van der Waals surface area contributed by atoms with Gasteiger partial charge in [0.15, 0.2) is 0 Å². The molecule has 0 spiro atoms. The summed E-state index contributed by atoms with van der Waals surface area (Å²) in [6.07, 6.45) is 9.40. The Morgan fingerprint density at radius 1 is 1.40 bits per heavy atom. The molecule has 1 aromatic rings. The van der Waals surface area contributed by atoms with Gasteiger partial charge in [-0.15, -0.1) is 0 Å². The van der Waals surface area contributed by atoms with Crippen molar-refractivity contribution < 1.29 is 18.8 Å². The first-order valence-corrected chi connectivity index (χ1v) is 9.56. The minimum absolute atomic E-state index is 0.137. The molecule has 6 nitrogen and oxygen atoms in total. The Bertz CT molecular complexity index is 586. The summed E-state index contributed by atoms with van der Waals surface area (Å²) in [5.74, 6) is 1.72. The zero-order valence-electron chi connectivity index (χ0n) is 15.0. The summed E-state index contributed by atoms with van der Waals surface area (Å²) in [6, 6.07) is 1.96. The van der Waals surface area contributed by atoms with Crippen LogP contribution in [-0.4, -0.2) is 54.0 Å². The molecule has 0 radical (unpaired) electrons. The monoisotopic (exact) mass is 348 g/mol. The first-order valence-electron chi connectivity index (χ1n) is 9.56. The van der Waals surface area contributed by atoms with Crippen molar-refractivity contribution in [2.75, 3.05) is 20.3 Å². The van der Waals surface area contributed by atoms with Crippen LogP contribution in [-0.2, 0) is 20.7 Å². The van der Waals surface area contributed by atoms with Gasteiger partial charge in [-0.05, 0) is 44.4 Å². The molecule has 3 aliphatic rings. The maximum atomic E-state index is 12.8. The van der Waals surface area contributed by atoms with Crippen LogP contribution in [0.25, 0.3) is 0 Å². The van der Waals surface area contributed by atoms with Gasteiger partial charge in [-0.25, -0.2) is 0 Å². The number of methoxy groups -OCH3 is 1. The van der Waals surface area contributed by atoms with Gasteiger partial charge in [0, 0.05) is 39.2 Å². The van der Waals surface area contributed by atoms with E-state index in [4.69, 9.17) is 14.0 Å². The molecule has 0 unspecified atom stereocenters. The van der Waals surface area contributed by atoms with E-state index in [0.29, 0.717) is 12.8 Å². The lowest BCUT2D eigenvalue weighted by molar-refractivity contribution is -0.141. The van der Waals surface area contributed by atoms with E-state index in [1.165, 1.54) is 12.8 Å². The molecule has 2 aliphatic carbocycles. The fraction of sp³-hybridized carbons (Fsp3) is 0.789. The number of nitrogens with zero attached hydrogens (tertiary/aromatic N) is 2. The lowest BCUT2D eigenvalue weighted by Crippen LogP contribution is -2.53. The Labute approximate surface area is 148 Å². The van der Waals surface area contributed by atoms with E-state index in [0.717, 1.165) is 50.5 Å². The number of likely N-dealkylation sites (tertiary alicyclic amines) is 1. The van der Waals surface area contributed by atoms with Crippen molar-refractivity contribution in [1.82, 2.24) is 10.1 Å². The predicted octanol–water partition coefficient (Wildman–Crippen LogP) is 2.57. The highest BCUT2D eigenvalue weighted by atomic mass is 16.5. The second-order valence-corrected chi connectivity index (χ2v) is 7.77. The van der Waals surface area contributed by atoms with Gasteiger partial charge in [0.2, 0.25) is 5.91 Å². The van der Waals surface area contributed by atoms with Crippen LogP contribution in [0, 0.1) is 5.92 Å². The van der Waals surface area contributed by atoms with Gasteiger partial charge in [0.05, 0.1) is 23.9 Å². The van der Waals surface area contributed by atoms with E-state index in [1.807, 2.05) is 11.0 Å². The average Bonchev–Trinajstić information content (AvgIpc) is 3.17. The van der Waals surface area contributed by atoms with E-state index in [2.05, 4.69) is 5.16 Å². The molecule has 2 saturated carbocycles. The average molecular weight is 348 g/mol. The first kappa shape index (κ1) is 17.0. The van der Waals surface area contributed by atoms with Gasteiger partial charge < -0.3 is 18.9 Å². The Kier molecular flexibility index (Phi) is 4.82. The standard InChI is InChI=1S/C19H28N2O4/c1-23-19-8-6-16(24-13-14-2-3-14)12-17(19)21(11-9-19)18(22)5-4-15-7-10-20-25-15/h7,10,14,16-17H,2-6,8-9,11-13H2,1H3/t16-,17+,19-/m1/s1. The van der Waals surface area contributed by atoms with Crippen molar-refractivity contribution in [2.24, 2.45) is 5.92 Å². The highest BCUT2D eigenvalue weighted by Crippen LogP contribution is 2.44. The molecule has 1 aromatic heterocycles. The Morgan fingerprint density at radius 2 is 2.28 bits per heavy atom. The van der Waals surface area contributed by atoms with Gasteiger partial charge >= 0.3 is 0 Å². The van der Waals surface area contributed by atoms with Crippen LogP contribution < -0.4 is 0 Å². The second kappa shape index (κ2) is 7.08. The topological polar surface area (TPSA) is 64.8 Å². The highest BCUT2D eigenvalue weighted by molar-refractivity contribution is 5.77.